The number of halogens is 2. The van der Waals surface area contributed by atoms with Crippen molar-refractivity contribution >= 4 is 27.5 Å². The minimum atomic E-state index is -0.380. The van der Waals surface area contributed by atoms with Crippen LogP contribution in [0, 0.1) is 5.82 Å². The second kappa shape index (κ2) is 5.27. The van der Waals surface area contributed by atoms with Gasteiger partial charge in [-0.25, -0.2) is 9.37 Å². The molecule has 1 amide bonds. The lowest BCUT2D eigenvalue weighted by Crippen LogP contribution is -2.27. The van der Waals surface area contributed by atoms with E-state index in [9.17, 15) is 9.18 Å². The fourth-order valence-electron chi connectivity index (χ4n) is 1.50. The summed E-state index contributed by atoms with van der Waals surface area (Å²) in [6.45, 7) is 0. The molecule has 0 fully saturated rings. The summed E-state index contributed by atoms with van der Waals surface area (Å²) in [6, 6.07) is 10.9. The van der Waals surface area contributed by atoms with Gasteiger partial charge in [-0.15, -0.1) is 0 Å². The van der Waals surface area contributed by atoms with Gasteiger partial charge >= 0.3 is 0 Å². The minimum absolute atomic E-state index is 0.290. The smallest absolute Gasteiger partial charge is 0.276 e. The number of hydrogen-bond donors (Lipinski definition) is 0. The van der Waals surface area contributed by atoms with Gasteiger partial charge < -0.3 is 4.90 Å². The first-order chi connectivity index (χ1) is 8.58. The van der Waals surface area contributed by atoms with E-state index < -0.39 is 0 Å². The summed E-state index contributed by atoms with van der Waals surface area (Å²) in [5.74, 6) is -0.670. The number of benzene rings is 1. The van der Waals surface area contributed by atoms with E-state index in [1.807, 2.05) is 0 Å². The van der Waals surface area contributed by atoms with Gasteiger partial charge in [0.2, 0.25) is 0 Å². The summed E-state index contributed by atoms with van der Waals surface area (Å²) in [5, 5.41) is 0. The highest BCUT2D eigenvalue weighted by Crippen LogP contribution is 2.16. The normalized spacial score (nSPS) is 10.2. The topological polar surface area (TPSA) is 33.2 Å². The van der Waals surface area contributed by atoms with Gasteiger partial charge in [-0.05, 0) is 46.3 Å². The molecule has 0 spiro atoms. The maximum Gasteiger partial charge on any atom is 0.276 e. The molecule has 1 aromatic heterocycles. The number of anilines is 1. The summed E-state index contributed by atoms with van der Waals surface area (Å²) in [4.78, 5) is 17.6. The third kappa shape index (κ3) is 2.73. The van der Waals surface area contributed by atoms with E-state index in [0.29, 0.717) is 16.0 Å². The number of rotatable bonds is 2. The monoisotopic (exact) mass is 308 g/mol. The van der Waals surface area contributed by atoms with E-state index >= 15 is 0 Å². The third-order valence-electron chi connectivity index (χ3n) is 2.43. The molecule has 0 saturated carbocycles. The molecular formula is C13H10BrFN2O. The van der Waals surface area contributed by atoms with E-state index in [4.69, 9.17) is 0 Å². The van der Waals surface area contributed by atoms with Crippen molar-refractivity contribution in [3.05, 3.63) is 58.6 Å². The van der Waals surface area contributed by atoms with Gasteiger partial charge in [0.25, 0.3) is 5.91 Å². The van der Waals surface area contributed by atoms with Crippen molar-refractivity contribution < 1.29 is 9.18 Å². The quantitative estimate of drug-likeness (QED) is 0.798. The number of amides is 1. The molecule has 0 unspecified atom stereocenters. The molecule has 0 saturated heterocycles. The molecule has 0 bridgehead atoms. The number of pyridine rings is 1. The lowest BCUT2D eigenvalue weighted by atomic mass is 10.2. The molecule has 92 valence electrons. The number of carbonyl (C=O) groups is 1. The Morgan fingerprint density at radius 1 is 1.28 bits per heavy atom. The Bertz CT molecular complexity index is 589. The highest BCUT2D eigenvalue weighted by molar-refractivity contribution is 9.10. The Hall–Kier alpha value is -1.75. The molecule has 18 heavy (non-hydrogen) atoms. The molecule has 0 N–H and O–H groups in total. The lowest BCUT2D eigenvalue weighted by molar-refractivity contribution is 0.0988. The van der Waals surface area contributed by atoms with Crippen molar-refractivity contribution in [3.63, 3.8) is 0 Å². The van der Waals surface area contributed by atoms with Gasteiger partial charge in [0.15, 0.2) is 0 Å². The van der Waals surface area contributed by atoms with Gasteiger partial charge in [0.05, 0.1) is 0 Å². The lowest BCUT2D eigenvalue weighted by Gasteiger charge is -2.16. The fourth-order valence-corrected chi connectivity index (χ4v) is 1.84. The largest absolute Gasteiger partial charge is 0.310 e. The van der Waals surface area contributed by atoms with Gasteiger partial charge in [0.1, 0.15) is 16.1 Å². The van der Waals surface area contributed by atoms with Crippen LogP contribution in [0.25, 0.3) is 0 Å². The summed E-state index contributed by atoms with van der Waals surface area (Å²) in [6.07, 6.45) is 0. The molecule has 1 heterocycles. The van der Waals surface area contributed by atoms with E-state index in [-0.39, 0.29) is 11.7 Å². The maximum atomic E-state index is 13.1. The van der Waals surface area contributed by atoms with Crippen LogP contribution in [0.5, 0.6) is 0 Å². The summed E-state index contributed by atoms with van der Waals surface area (Å²) >= 11 is 3.21. The number of hydrogen-bond acceptors (Lipinski definition) is 2. The highest BCUT2D eigenvalue weighted by Gasteiger charge is 2.15. The molecule has 0 aliphatic rings. The zero-order chi connectivity index (χ0) is 13.1. The van der Waals surface area contributed by atoms with Crippen molar-refractivity contribution in [2.45, 2.75) is 0 Å². The van der Waals surface area contributed by atoms with E-state index in [1.54, 1.807) is 37.4 Å². The van der Waals surface area contributed by atoms with Gasteiger partial charge in [-0.1, -0.05) is 12.1 Å². The van der Waals surface area contributed by atoms with Crippen LogP contribution in [-0.2, 0) is 0 Å². The number of carbonyl (C=O) groups excluding carboxylic acids is 1. The average Bonchev–Trinajstić information content (AvgIpc) is 2.37. The first kappa shape index (κ1) is 12.7. The van der Waals surface area contributed by atoms with Gasteiger partial charge in [-0.3, -0.25) is 4.79 Å². The average molecular weight is 309 g/mol. The summed E-state index contributed by atoms with van der Waals surface area (Å²) in [5.41, 5.74) is 0.790. The molecule has 2 aromatic rings. The molecular weight excluding hydrogens is 299 g/mol. The van der Waals surface area contributed by atoms with Crippen LogP contribution in [0.3, 0.4) is 0 Å². The molecule has 1 aromatic carbocycles. The second-order valence-corrected chi connectivity index (χ2v) is 4.50. The molecule has 5 heteroatoms. The Morgan fingerprint density at radius 2 is 2.00 bits per heavy atom. The Labute approximate surface area is 112 Å². The predicted molar refractivity (Wildman–Crippen MR) is 71.1 cm³/mol. The maximum absolute atomic E-state index is 13.1. The van der Waals surface area contributed by atoms with Crippen LogP contribution in [0.4, 0.5) is 10.1 Å². The highest BCUT2D eigenvalue weighted by atomic mass is 79.9. The van der Waals surface area contributed by atoms with Crippen LogP contribution in [0.1, 0.15) is 10.5 Å². The van der Waals surface area contributed by atoms with Crippen LogP contribution in [-0.4, -0.2) is 17.9 Å². The van der Waals surface area contributed by atoms with Gasteiger partial charge in [0, 0.05) is 12.7 Å². The zero-order valence-electron chi connectivity index (χ0n) is 9.60. The van der Waals surface area contributed by atoms with Crippen LogP contribution in [0.2, 0.25) is 0 Å². The molecule has 0 aliphatic heterocycles. The molecule has 3 nitrogen and oxygen atoms in total. The van der Waals surface area contributed by atoms with Crippen LogP contribution >= 0.6 is 15.9 Å². The second-order valence-electron chi connectivity index (χ2n) is 3.69. The van der Waals surface area contributed by atoms with Crippen molar-refractivity contribution in [2.75, 3.05) is 11.9 Å². The standard InChI is InChI=1S/C13H10BrFN2O/c1-17(10-5-2-4-9(15)8-10)13(18)11-6-3-7-12(14)16-11/h2-8H,1H3. The van der Waals surface area contributed by atoms with E-state index in [2.05, 4.69) is 20.9 Å². The summed E-state index contributed by atoms with van der Waals surface area (Å²) < 4.78 is 13.7. The van der Waals surface area contributed by atoms with Crippen LogP contribution in [0.15, 0.2) is 47.1 Å². The van der Waals surface area contributed by atoms with E-state index in [0.717, 1.165) is 0 Å². The Kier molecular flexibility index (Phi) is 3.72. The molecule has 0 radical (unpaired) electrons. The van der Waals surface area contributed by atoms with Crippen molar-refractivity contribution in [1.29, 1.82) is 0 Å². The minimum Gasteiger partial charge on any atom is -0.310 e. The third-order valence-corrected chi connectivity index (χ3v) is 2.88. The first-order valence-electron chi connectivity index (χ1n) is 5.24. The van der Waals surface area contributed by atoms with Crippen molar-refractivity contribution in [2.24, 2.45) is 0 Å². The Balaban J connectivity index is 2.29. The SMILES string of the molecule is CN(C(=O)c1cccc(Br)n1)c1cccc(F)c1. The van der Waals surface area contributed by atoms with Crippen LogP contribution < -0.4 is 4.90 Å². The molecule has 0 aliphatic carbocycles. The molecule has 0 atom stereocenters. The number of nitrogens with zero attached hydrogens (tertiary/aromatic N) is 2. The number of aromatic nitrogens is 1. The Morgan fingerprint density at radius 3 is 2.67 bits per heavy atom. The fraction of sp³-hybridized carbons (Fsp3) is 0.0769. The molecule has 2 rings (SSSR count). The first-order valence-corrected chi connectivity index (χ1v) is 6.03. The van der Waals surface area contributed by atoms with Crippen molar-refractivity contribution in [3.8, 4) is 0 Å². The summed E-state index contributed by atoms with van der Waals surface area (Å²) in [7, 11) is 1.58. The zero-order valence-corrected chi connectivity index (χ0v) is 11.2. The van der Waals surface area contributed by atoms with Gasteiger partial charge in [-0.2, -0.15) is 0 Å². The van der Waals surface area contributed by atoms with Crippen molar-refractivity contribution in [1.82, 2.24) is 4.98 Å². The predicted octanol–water partition coefficient (Wildman–Crippen LogP) is 3.26. The van der Waals surface area contributed by atoms with E-state index in [1.165, 1.54) is 17.0 Å².